The van der Waals surface area contributed by atoms with Gasteiger partial charge in [-0.25, -0.2) is 5.84 Å². The van der Waals surface area contributed by atoms with E-state index in [1.807, 2.05) is 39.8 Å². The van der Waals surface area contributed by atoms with E-state index in [0.29, 0.717) is 5.56 Å². The molecule has 78 valence electrons. The summed E-state index contributed by atoms with van der Waals surface area (Å²) in [5.74, 6) is 4.74. The average Bonchev–Trinajstić information content (AvgIpc) is 2.24. The van der Waals surface area contributed by atoms with Gasteiger partial charge in [-0.1, -0.05) is 19.9 Å². The molecule has 0 fully saturated rings. The van der Waals surface area contributed by atoms with Crippen LogP contribution in [0.5, 0.6) is 0 Å². The standard InChI is InChI=1S/C9H12N2O.C2H6/c1-6-3-4-8(5-7(6)2)9(12)11-10;1-2/h3-5H,10H2,1-2H3,(H,11,12);1-2H3. The molecule has 0 spiro atoms. The molecule has 3 nitrogen and oxygen atoms in total. The predicted octanol–water partition coefficient (Wildman–Crippen LogP) is 1.93. The second-order valence-corrected chi connectivity index (χ2v) is 2.77. The van der Waals surface area contributed by atoms with Gasteiger partial charge in [0.15, 0.2) is 0 Å². The molecular weight excluding hydrogens is 176 g/mol. The number of rotatable bonds is 1. The summed E-state index contributed by atoms with van der Waals surface area (Å²) in [6, 6.07) is 5.47. The van der Waals surface area contributed by atoms with Gasteiger partial charge in [-0.05, 0) is 37.1 Å². The van der Waals surface area contributed by atoms with Crippen LogP contribution >= 0.6 is 0 Å². The number of hydrazine groups is 1. The number of nitrogens with two attached hydrogens (primary N) is 1. The van der Waals surface area contributed by atoms with Gasteiger partial charge in [0.25, 0.3) is 5.91 Å². The number of carbonyl (C=O) groups excluding carboxylic acids is 1. The lowest BCUT2D eigenvalue weighted by Crippen LogP contribution is -2.29. The first-order valence-electron chi connectivity index (χ1n) is 4.73. The van der Waals surface area contributed by atoms with E-state index in [9.17, 15) is 4.79 Å². The number of carbonyl (C=O) groups is 1. The Morgan fingerprint density at radius 3 is 2.21 bits per heavy atom. The van der Waals surface area contributed by atoms with E-state index in [4.69, 9.17) is 5.84 Å². The van der Waals surface area contributed by atoms with Crippen molar-refractivity contribution in [1.29, 1.82) is 0 Å². The lowest BCUT2D eigenvalue weighted by atomic mass is 10.1. The molecule has 1 aromatic carbocycles. The van der Waals surface area contributed by atoms with Gasteiger partial charge in [0.05, 0.1) is 0 Å². The number of hydrogen-bond donors (Lipinski definition) is 2. The number of nitrogens with one attached hydrogen (secondary N) is 1. The normalized spacial score (nSPS) is 8.64. The Morgan fingerprint density at radius 2 is 1.79 bits per heavy atom. The number of amides is 1. The van der Waals surface area contributed by atoms with Crippen molar-refractivity contribution in [1.82, 2.24) is 5.43 Å². The van der Waals surface area contributed by atoms with Gasteiger partial charge in [0, 0.05) is 5.56 Å². The quantitative estimate of drug-likeness (QED) is 0.408. The van der Waals surface area contributed by atoms with E-state index in [1.54, 1.807) is 6.07 Å². The van der Waals surface area contributed by atoms with Gasteiger partial charge in [0.1, 0.15) is 0 Å². The van der Waals surface area contributed by atoms with Crippen LogP contribution in [0, 0.1) is 13.8 Å². The maximum Gasteiger partial charge on any atom is 0.265 e. The fourth-order valence-electron chi connectivity index (χ4n) is 0.966. The third-order valence-electron chi connectivity index (χ3n) is 1.90. The molecule has 0 radical (unpaired) electrons. The molecule has 14 heavy (non-hydrogen) atoms. The van der Waals surface area contributed by atoms with E-state index < -0.39 is 0 Å². The van der Waals surface area contributed by atoms with Crippen molar-refractivity contribution in [3.05, 3.63) is 34.9 Å². The van der Waals surface area contributed by atoms with Crippen LogP contribution in [0.2, 0.25) is 0 Å². The van der Waals surface area contributed by atoms with Crippen LogP contribution in [-0.4, -0.2) is 5.91 Å². The highest BCUT2D eigenvalue weighted by atomic mass is 16.2. The first-order valence-corrected chi connectivity index (χ1v) is 4.73. The van der Waals surface area contributed by atoms with Gasteiger partial charge in [-0.3, -0.25) is 10.2 Å². The molecule has 0 atom stereocenters. The summed E-state index contributed by atoms with van der Waals surface area (Å²) in [6.07, 6.45) is 0. The van der Waals surface area contributed by atoms with Crippen molar-refractivity contribution < 1.29 is 4.79 Å². The Hall–Kier alpha value is -1.35. The summed E-state index contributed by atoms with van der Waals surface area (Å²) in [5.41, 5.74) is 4.95. The molecule has 0 aromatic heterocycles. The second kappa shape index (κ2) is 6.16. The van der Waals surface area contributed by atoms with Crippen molar-refractivity contribution in [2.45, 2.75) is 27.7 Å². The molecule has 0 aliphatic heterocycles. The molecule has 0 saturated heterocycles. The third-order valence-corrected chi connectivity index (χ3v) is 1.90. The first-order chi connectivity index (χ1) is 6.65. The van der Waals surface area contributed by atoms with E-state index >= 15 is 0 Å². The molecule has 0 saturated carbocycles. The van der Waals surface area contributed by atoms with Gasteiger partial charge >= 0.3 is 0 Å². The highest BCUT2D eigenvalue weighted by Gasteiger charge is 2.03. The number of benzene rings is 1. The number of aryl methyl sites for hydroxylation is 2. The smallest absolute Gasteiger partial charge is 0.265 e. The number of hydrogen-bond acceptors (Lipinski definition) is 2. The maximum atomic E-state index is 11.0. The lowest BCUT2D eigenvalue weighted by molar-refractivity contribution is 0.0953. The molecule has 1 aromatic rings. The fraction of sp³-hybridized carbons (Fsp3) is 0.364. The van der Waals surface area contributed by atoms with Crippen LogP contribution in [0.25, 0.3) is 0 Å². The van der Waals surface area contributed by atoms with E-state index in [2.05, 4.69) is 5.43 Å². The molecule has 0 heterocycles. The van der Waals surface area contributed by atoms with Crippen molar-refractivity contribution in [2.75, 3.05) is 0 Å². The molecule has 0 unspecified atom stereocenters. The summed E-state index contributed by atoms with van der Waals surface area (Å²) in [7, 11) is 0. The van der Waals surface area contributed by atoms with Crippen LogP contribution in [0.1, 0.15) is 35.3 Å². The molecule has 3 heteroatoms. The van der Waals surface area contributed by atoms with Gasteiger partial charge in [-0.2, -0.15) is 0 Å². The minimum absolute atomic E-state index is 0.252. The van der Waals surface area contributed by atoms with Gasteiger partial charge in [0.2, 0.25) is 0 Å². The highest BCUT2D eigenvalue weighted by Crippen LogP contribution is 2.08. The van der Waals surface area contributed by atoms with E-state index in [1.165, 1.54) is 5.56 Å². The molecule has 1 amide bonds. The van der Waals surface area contributed by atoms with Crippen LogP contribution in [0.15, 0.2) is 18.2 Å². The Morgan fingerprint density at radius 1 is 1.21 bits per heavy atom. The van der Waals surface area contributed by atoms with Crippen molar-refractivity contribution in [2.24, 2.45) is 5.84 Å². The summed E-state index contributed by atoms with van der Waals surface area (Å²) >= 11 is 0. The Labute approximate surface area is 85.3 Å². The third kappa shape index (κ3) is 3.18. The van der Waals surface area contributed by atoms with Crippen molar-refractivity contribution in [3.8, 4) is 0 Å². The zero-order valence-corrected chi connectivity index (χ0v) is 9.22. The lowest BCUT2D eigenvalue weighted by Gasteiger charge is -2.02. The highest BCUT2D eigenvalue weighted by molar-refractivity contribution is 5.93. The Bertz CT molecular complexity index is 308. The second-order valence-electron chi connectivity index (χ2n) is 2.77. The molecular formula is C11H18N2O. The molecule has 0 bridgehead atoms. The Kier molecular flexibility index (Phi) is 5.56. The number of nitrogen functional groups attached to an aromatic ring is 1. The summed E-state index contributed by atoms with van der Waals surface area (Å²) < 4.78 is 0. The monoisotopic (exact) mass is 194 g/mol. The first kappa shape index (κ1) is 12.7. The van der Waals surface area contributed by atoms with E-state index in [-0.39, 0.29) is 5.91 Å². The van der Waals surface area contributed by atoms with Crippen LogP contribution in [-0.2, 0) is 0 Å². The van der Waals surface area contributed by atoms with E-state index in [0.717, 1.165) is 5.56 Å². The average molecular weight is 194 g/mol. The topological polar surface area (TPSA) is 55.1 Å². The predicted molar refractivity (Wildman–Crippen MR) is 58.9 cm³/mol. The minimum Gasteiger partial charge on any atom is -0.290 e. The van der Waals surface area contributed by atoms with Crippen LogP contribution < -0.4 is 11.3 Å². The van der Waals surface area contributed by atoms with Gasteiger partial charge in [-0.15, -0.1) is 0 Å². The molecule has 0 aliphatic rings. The molecule has 3 N–H and O–H groups in total. The zero-order chi connectivity index (χ0) is 11.1. The summed E-state index contributed by atoms with van der Waals surface area (Å²) in [6.45, 7) is 7.96. The fourth-order valence-corrected chi connectivity index (χ4v) is 0.966. The van der Waals surface area contributed by atoms with Crippen LogP contribution in [0.3, 0.4) is 0 Å². The van der Waals surface area contributed by atoms with Crippen LogP contribution in [0.4, 0.5) is 0 Å². The minimum atomic E-state index is -0.252. The summed E-state index contributed by atoms with van der Waals surface area (Å²) in [5, 5.41) is 0. The van der Waals surface area contributed by atoms with Crippen molar-refractivity contribution in [3.63, 3.8) is 0 Å². The molecule has 0 aliphatic carbocycles. The SMILES string of the molecule is CC.Cc1ccc(C(=O)NN)cc1C. The zero-order valence-electron chi connectivity index (χ0n) is 9.22. The Balaban J connectivity index is 0.000000791. The maximum absolute atomic E-state index is 11.0. The largest absolute Gasteiger partial charge is 0.290 e. The van der Waals surface area contributed by atoms with Gasteiger partial charge < -0.3 is 0 Å². The summed E-state index contributed by atoms with van der Waals surface area (Å²) in [4.78, 5) is 11.0. The van der Waals surface area contributed by atoms with Crippen molar-refractivity contribution >= 4 is 5.91 Å². The molecule has 1 rings (SSSR count).